The van der Waals surface area contributed by atoms with Crippen molar-refractivity contribution in [3.05, 3.63) is 138 Å². The van der Waals surface area contributed by atoms with E-state index in [0.29, 0.717) is 45.9 Å². The summed E-state index contributed by atoms with van der Waals surface area (Å²) in [6.45, 7) is -0.325. The summed E-state index contributed by atoms with van der Waals surface area (Å²) < 4.78 is 32.0. The molecule has 0 radical (unpaired) electrons. The number of carbonyl (C=O) groups excluding carboxylic acids is 2. The molecule has 1 unspecified atom stereocenters. The Hall–Kier alpha value is -6.10. The van der Waals surface area contributed by atoms with Crippen molar-refractivity contribution in [3.8, 4) is 17.0 Å². The van der Waals surface area contributed by atoms with Gasteiger partial charge in [0, 0.05) is 12.0 Å². The first-order valence-electron chi connectivity index (χ1n) is 14.9. The molecule has 1 amide bonds. The molecule has 47 heavy (non-hydrogen) atoms. The molecule has 0 N–H and O–H groups in total. The average molecular weight is 630 g/mol. The number of fused-ring (bicyclic) bond motifs is 1. The first-order valence-corrected chi connectivity index (χ1v) is 14.9. The number of ether oxygens (including phenoxy) is 2. The van der Waals surface area contributed by atoms with Crippen LogP contribution in [0.25, 0.3) is 22.3 Å². The van der Waals surface area contributed by atoms with Crippen LogP contribution < -0.4 is 4.74 Å². The Morgan fingerprint density at radius 2 is 1.79 bits per heavy atom. The van der Waals surface area contributed by atoms with E-state index < -0.39 is 24.5 Å². The molecule has 1 aliphatic heterocycles. The highest BCUT2D eigenvalue weighted by Crippen LogP contribution is 2.34. The maximum atomic E-state index is 13.9. The summed E-state index contributed by atoms with van der Waals surface area (Å²) in [5.74, 6) is -0.334. The molecule has 0 aliphatic carbocycles. The van der Waals surface area contributed by atoms with Crippen molar-refractivity contribution < 1.29 is 27.9 Å². The molecular weight excluding hydrogens is 601 g/mol. The van der Waals surface area contributed by atoms with Crippen LogP contribution in [0.1, 0.15) is 39.7 Å². The summed E-state index contributed by atoms with van der Waals surface area (Å²) in [6.07, 6.45) is 3.47. The lowest BCUT2D eigenvalue weighted by Crippen LogP contribution is -2.31. The fourth-order valence-electron chi connectivity index (χ4n) is 5.57. The van der Waals surface area contributed by atoms with Gasteiger partial charge in [-0.25, -0.2) is 23.9 Å². The van der Waals surface area contributed by atoms with Crippen molar-refractivity contribution in [2.45, 2.75) is 19.0 Å². The van der Waals surface area contributed by atoms with E-state index in [1.54, 1.807) is 42.1 Å². The lowest BCUT2D eigenvalue weighted by molar-refractivity contribution is -0.136. The number of hydrazone groups is 1. The third kappa shape index (κ3) is 6.10. The Kier molecular flexibility index (Phi) is 8.01. The van der Waals surface area contributed by atoms with Gasteiger partial charge < -0.3 is 13.9 Å². The summed E-state index contributed by atoms with van der Waals surface area (Å²) in [6, 6.07) is 27.6. The lowest BCUT2D eigenvalue weighted by Gasteiger charge is -2.19. The van der Waals surface area contributed by atoms with Crippen molar-refractivity contribution >= 4 is 28.6 Å². The van der Waals surface area contributed by atoms with Crippen LogP contribution in [0.5, 0.6) is 5.75 Å². The number of benzene rings is 3. The van der Waals surface area contributed by atoms with E-state index in [-0.39, 0.29) is 17.9 Å². The minimum Gasteiger partial charge on any atom is -0.497 e. The van der Waals surface area contributed by atoms with Crippen molar-refractivity contribution in [3.63, 3.8) is 0 Å². The predicted molar refractivity (Wildman–Crippen MR) is 171 cm³/mol. The normalized spacial score (nSPS) is 14.3. The number of hydrogen-bond acceptors (Lipinski definition) is 8. The van der Waals surface area contributed by atoms with Gasteiger partial charge in [-0.05, 0) is 65.7 Å². The maximum Gasteiger partial charge on any atom is 0.339 e. The van der Waals surface area contributed by atoms with Crippen molar-refractivity contribution in [2.24, 2.45) is 5.10 Å². The summed E-state index contributed by atoms with van der Waals surface area (Å²) in [7, 11) is 1.59. The Morgan fingerprint density at radius 3 is 2.53 bits per heavy atom. The number of aromatic nitrogens is 3. The molecule has 7 rings (SSSR count). The number of halogens is 1. The molecule has 6 aromatic rings. The third-order valence-electron chi connectivity index (χ3n) is 7.91. The van der Waals surface area contributed by atoms with E-state index in [1.807, 2.05) is 54.6 Å². The molecule has 1 aliphatic rings. The number of nitrogens with zero attached hydrogens (tertiary/aromatic N) is 5. The molecule has 234 valence electrons. The Morgan fingerprint density at radius 1 is 0.957 bits per heavy atom. The molecule has 0 saturated carbocycles. The number of carbonyl (C=O) groups is 2. The SMILES string of the molecule is COc1ccc(C2=NN(C(=O)COC(=O)c3cc(-c4ccccc4)nc4c3cnn4Cc3cccc(F)c3)C(c3ccco3)C2)cc1. The van der Waals surface area contributed by atoms with Gasteiger partial charge >= 0.3 is 5.97 Å². The topological polar surface area (TPSA) is 112 Å². The van der Waals surface area contributed by atoms with Gasteiger partial charge in [0.15, 0.2) is 12.3 Å². The van der Waals surface area contributed by atoms with Gasteiger partial charge in [-0.3, -0.25) is 4.79 Å². The highest BCUT2D eigenvalue weighted by atomic mass is 19.1. The summed E-state index contributed by atoms with van der Waals surface area (Å²) in [5.41, 5.74) is 4.10. The molecule has 3 aromatic carbocycles. The van der Waals surface area contributed by atoms with E-state index in [4.69, 9.17) is 18.9 Å². The Labute approximate surface area is 268 Å². The zero-order chi connectivity index (χ0) is 32.3. The number of esters is 1. The van der Waals surface area contributed by atoms with Gasteiger partial charge in [0.1, 0.15) is 23.4 Å². The summed E-state index contributed by atoms with van der Waals surface area (Å²) in [4.78, 5) is 32.0. The van der Waals surface area contributed by atoms with E-state index in [9.17, 15) is 14.0 Å². The van der Waals surface area contributed by atoms with Crippen LogP contribution in [0.3, 0.4) is 0 Å². The van der Waals surface area contributed by atoms with Gasteiger partial charge in [-0.1, -0.05) is 42.5 Å². The molecule has 10 nitrogen and oxygen atoms in total. The van der Waals surface area contributed by atoms with Crippen LogP contribution in [0.15, 0.2) is 119 Å². The number of hydrogen-bond donors (Lipinski definition) is 0. The fraction of sp³-hybridized carbons (Fsp3) is 0.139. The van der Waals surface area contributed by atoms with E-state index >= 15 is 0 Å². The molecule has 0 fully saturated rings. The number of rotatable bonds is 9. The second-order valence-corrected chi connectivity index (χ2v) is 10.9. The highest BCUT2D eigenvalue weighted by Gasteiger charge is 2.35. The number of methoxy groups -OCH3 is 1. The Bertz CT molecular complexity index is 2090. The van der Waals surface area contributed by atoms with Crippen LogP contribution >= 0.6 is 0 Å². The van der Waals surface area contributed by atoms with Crippen LogP contribution in [0.4, 0.5) is 4.39 Å². The molecule has 1 atom stereocenters. The number of furan rings is 1. The minimum atomic E-state index is -0.721. The van der Waals surface area contributed by atoms with E-state index in [0.717, 1.165) is 11.1 Å². The molecule has 11 heteroatoms. The molecular formula is C36H28FN5O5. The van der Waals surface area contributed by atoms with E-state index in [2.05, 4.69) is 10.2 Å². The van der Waals surface area contributed by atoms with Gasteiger partial charge in [-0.2, -0.15) is 10.2 Å². The Balaban J connectivity index is 1.17. The monoisotopic (exact) mass is 629 g/mol. The number of amides is 1. The van der Waals surface area contributed by atoms with Gasteiger partial charge in [0.25, 0.3) is 5.91 Å². The third-order valence-corrected chi connectivity index (χ3v) is 7.91. The average Bonchev–Trinajstić information content (AvgIpc) is 3.88. The largest absolute Gasteiger partial charge is 0.497 e. The van der Waals surface area contributed by atoms with Crippen LogP contribution in [-0.2, 0) is 16.1 Å². The second-order valence-electron chi connectivity index (χ2n) is 10.9. The first kappa shape index (κ1) is 29.6. The number of pyridine rings is 1. The smallest absolute Gasteiger partial charge is 0.339 e. The second kappa shape index (κ2) is 12.7. The van der Waals surface area contributed by atoms with Crippen LogP contribution in [0.2, 0.25) is 0 Å². The lowest BCUT2D eigenvalue weighted by atomic mass is 10.0. The first-order chi connectivity index (χ1) is 23.0. The van der Waals surface area contributed by atoms with Gasteiger partial charge in [0.2, 0.25) is 0 Å². The molecule has 0 saturated heterocycles. The van der Waals surface area contributed by atoms with Crippen molar-refractivity contribution in [2.75, 3.05) is 13.7 Å². The van der Waals surface area contributed by atoms with E-state index in [1.165, 1.54) is 29.6 Å². The fourth-order valence-corrected chi connectivity index (χ4v) is 5.57. The van der Waals surface area contributed by atoms with Gasteiger partial charge in [-0.15, -0.1) is 0 Å². The molecule has 4 heterocycles. The van der Waals surface area contributed by atoms with Gasteiger partial charge in [0.05, 0.1) is 48.5 Å². The minimum absolute atomic E-state index is 0.193. The molecule has 0 bridgehead atoms. The highest BCUT2D eigenvalue weighted by molar-refractivity contribution is 6.05. The predicted octanol–water partition coefficient (Wildman–Crippen LogP) is 6.42. The molecule has 3 aromatic heterocycles. The molecule has 0 spiro atoms. The zero-order valence-electron chi connectivity index (χ0n) is 25.2. The van der Waals surface area contributed by atoms with Crippen molar-refractivity contribution in [1.82, 2.24) is 19.8 Å². The van der Waals surface area contributed by atoms with Crippen LogP contribution in [0, 0.1) is 5.82 Å². The quantitative estimate of drug-likeness (QED) is 0.170. The standard InChI is InChI=1S/C36H28FN5O5/c1-45-27-14-12-25(13-15-27)31-19-32(33-11-6-16-46-33)42(40-31)34(43)22-47-36(44)28-18-30(24-8-3-2-4-9-24)39-35-29(28)20-38-41(35)21-23-7-5-10-26(37)17-23/h2-18,20,32H,19,21-22H2,1H3. The summed E-state index contributed by atoms with van der Waals surface area (Å²) >= 11 is 0. The van der Waals surface area contributed by atoms with Crippen molar-refractivity contribution in [1.29, 1.82) is 0 Å². The maximum absolute atomic E-state index is 13.9. The summed E-state index contributed by atoms with van der Waals surface area (Å²) in [5, 5.41) is 10.8. The van der Waals surface area contributed by atoms with Crippen LogP contribution in [-0.4, -0.2) is 51.1 Å². The zero-order valence-corrected chi connectivity index (χ0v) is 25.2.